The van der Waals surface area contributed by atoms with Crippen molar-refractivity contribution in [2.45, 2.75) is 25.8 Å². The van der Waals surface area contributed by atoms with Gasteiger partial charge >= 0.3 is 0 Å². The number of rotatable bonds is 8. The van der Waals surface area contributed by atoms with Crippen LogP contribution in [0.5, 0.6) is 0 Å². The van der Waals surface area contributed by atoms with Crippen LogP contribution in [0.4, 0.5) is 0 Å². The fourth-order valence-electron chi connectivity index (χ4n) is 2.78. The number of benzene rings is 2. The fourth-order valence-corrected chi connectivity index (χ4v) is 2.78. The third kappa shape index (κ3) is 5.24. The van der Waals surface area contributed by atoms with E-state index in [1.54, 1.807) is 7.11 Å². The van der Waals surface area contributed by atoms with Crippen molar-refractivity contribution < 1.29 is 14.1 Å². The summed E-state index contributed by atoms with van der Waals surface area (Å²) < 4.78 is 10.3. The van der Waals surface area contributed by atoms with E-state index in [1.165, 1.54) is 0 Å². The lowest BCUT2D eigenvalue weighted by Gasteiger charge is -2.11. The second-order valence-electron chi connectivity index (χ2n) is 6.38. The van der Waals surface area contributed by atoms with E-state index in [9.17, 15) is 4.79 Å². The van der Waals surface area contributed by atoms with Crippen LogP contribution in [0.3, 0.4) is 0 Å². The smallest absolute Gasteiger partial charge is 0.227 e. The molecule has 1 amide bonds. The molecule has 1 atom stereocenters. The summed E-state index contributed by atoms with van der Waals surface area (Å²) in [7, 11) is 1.61. The molecule has 140 valence electrons. The molecule has 6 nitrogen and oxygen atoms in total. The van der Waals surface area contributed by atoms with Crippen LogP contribution in [0.2, 0.25) is 0 Å². The molecule has 0 radical (unpaired) electrons. The van der Waals surface area contributed by atoms with E-state index in [-0.39, 0.29) is 11.9 Å². The van der Waals surface area contributed by atoms with Gasteiger partial charge in [-0.1, -0.05) is 59.8 Å². The Morgan fingerprint density at radius 3 is 2.44 bits per heavy atom. The lowest BCUT2D eigenvalue weighted by Crippen LogP contribution is -2.35. The molecule has 0 saturated carbocycles. The van der Waals surface area contributed by atoms with E-state index in [0.717, 1.165) is 16.7 Å². The highest BCUT2D eigenvalue weighted by Gasteiger charge is 2.12. The normalized spacial score (nSPS) is 11.9. The van der Waals surface area contributed by atoms with Gasteiger partial charge < -0.3 is 14.6 Å². The maximum Gasteiger partial charge on any atom is 0.227 e. The first-order valence-corrected chi connectivity index (χ1v) is 8.92. The molecule has 0 unspecified atom stereocenters. The Kier molecular flexibility index (Phi) is 6.33. The van der Waals surface area contributed by atoms with E-state index in [0.29, 0.717) is 31.2 Å². The van der Waals surface area contributed by atoms with Gasteiger partial charge in [0, 0.05) is 31.6 Å². The Morgan fingerprint density at radius 1 is 1.07 bits per heavy atom. The number of aryl methyl sites for hydroxylation is 1. The average Bonchev–Trinajstić information content (AvgIpc) is 3.16. The summed E-state index contributed by atoms with van der Waals surface area (Å²) in [5.74, 6) is 0.913. The van der Waals surface area contributed by atoms with Gasteiger partial charge in [0.05, 0.1) is 6.61 Å². The van der Waals surface area contributed by atoms with Gasteiger partial charge in [0.15, 0.2) is 0 Å². The third-order valence-electron chi connectivity index (χ3n) is 4.11. The summed E-state index contributed by atoms with van der Waals surface area (Å²) in [5.41, 5.74) is 3.17. The highest BCUT2D eigenvalue weighted by atomic mass is 16.5. The number of methoxy groups -OCH3 is 1. The lowest BCUT2D eigenvalue weighted by atomic mass is 10.0. The van der Waals surface area contributed by atoms with Gasteiger partial charge in [0.2, 0.25) is 17.6 Å². The Labute approximate surface area is 158 Å². The molecular weight excluding hydrogens is 342 g/mol. The van der Waals surface area contributed by atoms with Gasteiger partial charge in [0.25, 0.3) is 0 Å². The molecule has 1 heterocycles. The van der Waals surface area contributed by atoms with Crippen molar-refractivity contribution >= 4 is 5.91 Å². The SMILES string of the molecule is COC[C@H](C)NC(=O)CCc1nc(-c2ccc(-c3ccccc3)cc2)no1. The predicted octanol–water partition coefficient (Wildman–Crippen LogP) is 3.49. The summed E-state index contributed by atoms with van der Waals surface area (Å²) in [6.07, 6.45) is 0.698. The molecule has 27 heavy (non-hydrogen) atoms. The molecule has 2 aromatic carbocycles. The number of carbonyl (C=O) groups excluding carboxylic acids is 1. The monoisotopic (exact) mass is 365 g/mol. The van der Waals surface area contributed by atoms with Crippen LogP contribution in [0.1, 0.15) is 19.2 Å². The topological polar surface area (TPSA) is 77.2 Å². The van der Waals surface area contributed by atoms with E-state index >= 15 is 0 Å². The third-order valence-corrected chi connectivity index (χ3v) is 4.11. The minimum Gasteiger partial charge on any atom is -0.383 e. The Hall–Kier alpha value is -2.99. The largest absolute Gasteiger partial charge is 0.383 e. The van der Waals surface area contributed by atoms with E-state index < -0.39 is 0 Å². The van der Waals surface area contributed by atoms with Crippen molar-refractivity contribution in [2.24, 2.45) is 0 Å². The zero-order chi connectivity index (χ0) is 19.1. The summed E-state index contributed by atoms with van der Waals surface area (Å²) in [6.45, 7) is 2.38. The molecule has 0 aliphatic rings. The van der Waals surface area contributed by atoms with Gasteiger partial charge in [-0.15, -0.1) is 0 Å². The molecule has 0 bridgehead atoms. The zero-order valence-electron chi connectivity index (χ0n) is 15.5. The number of carbonyl (C=O) groups is 1. The zero-order valence-corrected chi connectivity index (χ0v) is 15.5. The molecule has 1 N–H and O–H groups in total. The molecule has 0 aliphatic heterocycles. The predicted molar refractivity (Wildman–Crippen MR) is 103 cm³/mol. The van der Waals surface area contributed by atoms with Crippen LogP contribution in [0.15, 0.2) is 59.1 Å². The second kappa shape index (κ2) is 9.09. The molecule has 6 heteroatoms. The van der Waals surface area contributed by atoms with Crippen molar-refractivity contribution in [3.8, 4) is 22.5 Å². The molecule has 0 spiro atoms. The molecule has 0 saturated heterocycles. The van der Waals surface area contributed by atoms with Crippen LogP contribution in [0.25, 0.3) is 22.5 Å². The number of hydrogen-bond donors (Lipinski definition) is 1. The maximum atomic E-state index is 11.9. The molecule has 1 aromatic heterocycles. The van der Waals surface area contributed by atoms with Crippen LogP contribution in [-0.4, -0.2) is 35.8 Å². The number of ether oxygens (including phenoxy) is 1. The maximum absolute atomic E-state index is 11.9. The molecule has 3 aromatic rings. The van der Waals surface area contributed by atoms with E-state index in [4.69, 9.17) is 9.26 Å². The molecular formula is C21H23N3O3. The summed E-state index contributed by atoms with van der Waals surface area (Å²) in [6, 6.07) is 18.1. The molecule has 0 aliphatic carbocycles. The average molecular weight is 365 g/mol. The van der Waals surface area contributed by atoms with Gasteiger partial charge in [-0.25, -0.2) is 0 Å². The van der Waals surface area contributed by atoms with Crippen molar-refractivity contribution in [3.05, 3.63) is 60.5 Å². The van der Waals surface area contributed by atoms with E-state index in [2.05, 4.69) is 27.6 Å². The first-order chi connectivity index (χ1) is 13.2. The minimum absolute atomic E-state index is 0.0242. The van der Waals surface area contributed by atoms with Crippen LogP contribution >= 0.6 is 0 Å². The van der Waals surface area contributed by atoms with Crippen LogP contribution in [0, 0.1) is 0 Å². The van der Waals surface area contributed by atoms with Crippen LogP contribution in [-0.2, 0) is 16.0 Å². The van der Waals surface area contributed by atoms with Gasteiger partial charge in [-0.3, -0.25) is 4.79 Å². The van der Waals surface area contributed by atoms with E-state index in [1.807, 2.05) is 49.4 Å². The Balaban J connectivity index is 1.58. The van der Waals surface area contributed by atoms with Crippen molar-refractivity contribution in [1.82, 2.24) is 15.5 Å². The highest BCUT2D eigenvalue weighted by Crippen LogP contribution is 2.23. The summed E-state index contributed by atoms with van der Waals surface area (Å²) in [5, 5.41) is 6.88. The number of nitrogens with one attached hydrogen (secondary N) is 1. The van der Waals surface area contributed by atoms with Gasteiger partial charge in [-0.05, 0) is 18.1 Å². The quantitative estimate of drug-likeness (QED) is 0.661. The number of hydrogen-bond acceptors (Lipinski definition) is 5. The summed E-state index contributed by atoms with van der Waals surface area (Å²) in [4.78, 5) is 16.3. The highest BCUT2D eigenvalue weighted by molar-refractivity contribution is 5.76. The minimum atomic E-state index is -0.0634. The summed E-state index contributed by atoms with van der Waals surface area (Å²) >= 11 is 0. The fraction of sp³-hybridized carbons (Fsp3) is 0.286. The first kappa shape index (κ1) is 18.8. The van der Waals surface area contributed by atoms with Crippen molar-refractivity contribution in [2.75, 3.05) is 13.7 Å². The first-order valence-electron chi connectivity index (χ1n) is 8.92. The van der Waals surface area contributed by atoms with Gasteiger partial charge in [0.1, 0.15) is 0 Å². The molecule has 0 fully saturated rings. The van der Waals surface area contributed by atoms with Crippen molar-refractivity contribution in [3.63, 3.8) is 0 Å². The van der Waals surface area contributed by atoms with Crippen molar-refractivity contribution in [1.29, 1.82) is 0 Å². The van der Waals surface area contributed by atoms with Gasteiger partial charge in [-0.2, -0.15) is 4.98 Å². The second-order valence-corrected chi connectivity index (χ2v) is 6.38. The number of aromatic nitrogens is 2. The standard InChI is InChI=1S/C21H23N3O3/c1-15(14-26-2)22-19(25)12-13-20-23-21(24-27-20)18-10-8-17(9-11-18)16-6-4-3-5-7-16/h3-11,15H,12-14H2,1-2H3,(H,22,25)/t15-/m0/s1. The number of amides is 1. The lowest BCUT2D eigenvalue weighted by molar-refractivity contribution is -0.122. The Morgan fingerprint density at radius 2 is 1.74 bits per heavy atom. The number of nitrogens with zero attached hydrogens (tertiary/aromatic N) is 2. The van der Waals surface area contributed by atoms with Crippen LogP contribution < -0.4 is 5.32 Å². The molecule has 3 rings (SSSR count). The Bertz CT molecular complexity index is 860.